The van der Waals surface area contributed by atoms with Crippen LogP contribution in [0.15, 0.2) is 30.3 Å². The average molecular weight is 377 g/mol. The molecule has 0 aliphatic rings. The van der Waals surface area contributed by atoms with E-state index in [2.05, 4.69) is 16.0 Å². The second-order valence-corrected chi connectivity index (χ2v) is 6.76. The SMILES string of the molecule is CCOC(=O)NC(CNC(=O)CCNC(=O)Cc1ccccc1)CC(C)C. The molecule has 0 aliphatic heterocycles. The fraction of sp³-hybridized carbons (Fsp3) is 0.550. The molecule has 3 amide bonds. The van der Waals surface area contributed by atoms with Crippen molar-refractivity contribution < 1.29 is 19.1 Å². The van der Waals surface area contributed by atoms with Gasteiger partial charge in [-0.3, -0.25) is 9.59 Å². The summed E-state index contributed by atoms with van der Waals surface area (Å²) in [6.07, 6.45) is 0.731. The van der Waals surface area contributed by atoms with Crippen molar-refractivity contribution in [2.45, 2.75) is 46.1 Å². The van der Waals surface area contributed by atoms with Crippen LogP contribution in [0, 0.1) is 5.92 Å². The minimum Gasteiger partial charge on any atom is -0.450 e. The molecule has 7 nitrogen and oxygen atoms in total. The number of nitrogens with one attached hydrogen (secondary N) is 3. The minimum absolute atomic E-state index is 0.115. The average Bonchev–Trinajstić information content (AvgIpc) is 2.60. The Morgan fingerprint density at radius 3 is 2.37 bits per heavy atom. The van der Waals surface area contributed by atoms with Gasteiger partial charge in [0.15, 0.2) is 0 Å². The number of benzene rings is 1. The molecule has 0 heterocycles. The predicted molar refractivity (Wildman–Crippen MR) is 104 cm³/mol. The van der Waals surface area contributed by atoms with Crippen LogP contribution in [0.2, 0.25) is 0 Å². The van der Waals surface area contributed by atoms with Gasteiger partial charge in [0.2, 0.25) is 11.8 Å². The van der Waals surface area contributed by atoms with E-state index < -0.39 is 6.09 Å². The second kappa shape index (κ2) is 12.7. The van der Waals surface area contributed by atoms with Gasteiger partial charge in [0.05, 0.1) is 13.0 Å². The quantitative estimate of drug-likeness (QED) is 0.550. The summed E-state index contributed by atoms with van der Waals surface area (Å²) in [7, 11) is 0. The highest BCUT2D eigenvalue weighted by molar-refractivity contribution is 5.80. The Hall–Kier alpha value is -2.57. The van der Waals surface area contributed by atoms with Gasteiger partial charge in [-0.05, 0) is 24.8 Å². The second-order valence-electron chi connectivity index (χ2n) is 6.76. The van der Waals surface area contributed by atoms with Crippen molar-refractivity contribution in [3.63, 3.8) is 0 Å². The molecule has 27 heavy (non-hydrogen) atoms. The highest BCUT2D eigenvalue weighted by Gasteiger charge is 2.15. The Labute approximate surface area is 161 Å². The molecule has 1 rings (SSSR count). The van der Waals surface area contributed by atoms with Crippen molar-refractivity contribution in [3.8, 4) is 0 Å². The molecule has 0 radical (unpaired) electrons. The molecule has 0 aromatic heterocycles. The Morgan fingerprint density at radius 1 is 1.04 bits per heavy atom. The third-order valence-electron chi connectivity index (χ3n) is 3.78. The zero-order valence-corrected chi connectivity index (χ0v) is 16.4. The van der Waals surface area contributed by atoms with Crippen LogP contribution < -0.4 is 16.0 Å². The number of hydrogen-bond acceptors (Lipinski definition) is 4. The monoisotopic (exact) mass is 377 g/mol. The van der Waals surface area contributed by atoms with E-state index >= 15 is 0 Å². The van der Waals surface area contributed by atoms with E-state index in [1.165, 1.54) is 0 Å². The van der Waals surface area contributed by atoms with Gasteiger partial charge in [-0.15, -0.1) is 0 Å². The standard InChI is InChI=1S/C20H31N3O4/c1-4-27-20(26)23-17(12-15(2)3)14-22-18(24)10-11-21-19(25)13-16-8-6-5-7-9-16/h5-9,15,17H,4,10-14H2,1-3H3,(H,21,25)(H,22,24)(H,23,26). The first-order chi connectivity index (χ1) is 12.9. The van der Waals surface area contributed by atoms with Crippen molar-refractivity contribution in [1.82, 2.24) is 16.0 Å². The molecule has 7 heteroatoms. The van der Waals surface area contributed by atoms with Crippen molar-refractivity contribution in [2.75, 3.05) is 19.7 Å². The maximum Gasteiger partial charge on any atom is 0.407 e. The van der Waals surface area contributed by atoms with Crippen LogP contribution in [-0.4, -0.2) is 43.6 Å². The molecular weight excluding hydrogens is 346 g/mol. The molecule has 1 unspecified atom stereocenters. The predicted octanol–water partition coefficient (Wildman–Crippen LogP) is 2.01. The van der Waals surface area contributed by atoms with Crippen LogP contribution in [0.3, 0.4) is 0 Å². The number of carbonyl (C=O) groups excluding carboxylic acids is 3. The van der Waals surface area contributed by atoms with Gasteiger partial charge in [-0.2, -0.15) is 0 Å². The lowest BCUT2D eigenvalue weighted by molar-refractivity contribution is -0.122. The summed E-state index contributed by atoms with van der Waals surface area (Å²) in [4.78, 5) is 35.4. The first-order valence-corrected chi connectivity index (χ1v) is 9.41. The van der Waals surface area contributed by atoms with Gasteiger partial charge in [-0.25, -0.2) is 4.79 Å². The van der Waals surface area contributed by atoms with Gasteiger partial charge < -0.3 is 20.7 Å². The summed E-state index contributed by atoms with van der Waals surface area (Å²) in [5, 5.41) is 8.30. The fourth-order valence-corrected chi connectivity index (χ4v) is 2.59. The summed E-state index contributed by atoms with van der Waals surface area (Å²) in [5.74, 6) is 0.0798. The van der Waals surface area contributed by atoms with E-state index in [0.717, 1.165) is 12.0 Å². The highest BCUT2D eigenvalue weighted by Crippen LogP contribution is 2.04. The van der Waals surface area contributed by atoms with E-state index in [1.807, 2.05) is 44.2 Å². The topological polar surface area (TPSA) is 96.5 Å². The largest absolute Gasteiger partial charge is 0.450 e. The summed E-state index contributed by atoms with van der Waals surface area (Å²) in [5.41, 5.74) is 0.931. The van der Waals surface area contributed by atoms with Crippen molar-refractivity contribution in [1.29, 1.82) is 0 Å². The molecular formula is C20H31N3O4. The van der Waals surface area contributed by atoms with Crippen LogP contribution in [0.5, 0.6) is 0 Å². The van der Waals surface area contributed by atoms with Gasteiger partial charge >= 0.3 is 6.09 Å². The molecule has 0 spiro atoms. The third-order valence-corrected chi connectivity index (χ3v) is 3.78. The van der Waals surface area contributed by atoms with Gasteiger partial charge in [-0.1, -0.05) is 44.2 Å². The van der Waals surface area contributed by atoms with E-state index in [-0.39, 0.29) is 30.8 Å². The van der Waals surface area contributed by atoms with Crippen LogP contribution in [0.4, 0.5) is 4.79 Å². The van der Waals surface area contributed by atoms with Gasteiger partial charge in [0, 0.05) is 25.6 Å². The highest BCUT2D eigenvalue weighted by atomic mass is 16.5. The van der Waals surface area contributed by atoms with Crippen LogP contribution in [0.25, 0.3) is 0 Å². The molecule has 1 aromatic rings. The molecule has 1 aromatic carbocycles. The summed E-state index contributed by atoms with van der Waals surface area (Å²) in [6, 6.07) is 9.24. The molecule has 0 aliphatic carbocycles. The Balaban J connectivity index is 2.28. The minimum atomic E-state index is -0.481. The third kappa shape index (κ3) is 10.9. The molecule has 150 valence electrons. The summed E-state index contributed by atoms with van der Waals surface area (Å²) in [6.45, 7) is 6.74. The maximum atomic E-state index is 12.0. The molecule has 1 atom stereocenters. The number of ether oxygens (including phenoxy) is 1. The normalized spacial score (nSPS) is 11.6. The number of amides is 3. The molecule has 0 saturated heterocycles. The number of carbonyl (C=O) groups is 3. The number of alkyl carbamates (subject to hydrolysis) is 1. The Bertz CT molecular complexity index is 590. The van der Waals surface area contributed by atoms with Crippen LogP contribution in [-0.2, 0) is 20.7 Å². The van der Waals surface area contributed by atoms with Gasteiger partial charge in [0.1, 0.15) is 0 Å². The van der Waals surface area contributed by atoms with Crippen molar-refractivity contribution in [3.05, 3.63) is 35.9 Å². The number of rotatable bonds is 11. The zero-order valence-electron chi connectivity index (χ0n) is 16.4. The van der Waals surface area contributed by atoms with E-state index in [1.54, 1.807) is 6.92 Å². The molecule has 3 N–H and O–H groups in total. The Morgan fingerprint density at radius 2 is 1.74 bits per heavy atom. The van der Waals surface area contributed by atoms with Gasteiger partial charge in [0.25, 0.3) is 0 Å². The first-order valence-electron chi connectivity index (χ1n) is 9.41. The van der Waals surface area contributed by atoms with Crippen molar-refractivity contribution >= 4 is 17.9 Å². The fourth-order valence-electron chi connectivity index (χ4n) is 2.59. The summed E-state index contributed by atoms with van der Waals surface area (Å²) >= 11 is 0. The lowest BCUT2D eigenvalue weighted by atomic mass is 10.0. The van der Waals surface area contributed by atoms with Crippen molar-refractivity contribution in [2.24, 2.45) is 5.92 Å². The maximum absolute atomic E-state index is 12.0. The molecule has 0 bridgehead atoms. The van der Waals surface area contributed by atoms with Crippen LogP contribution >= 0.6 is 0 Å². The van der Waals surface area contributed by atoms with Crippen LogP contribution in [0.1, 0.15) is 39.2 Å². The first kappa shape index (κ1) is 22.5. The number of hydrogen-bond donors (Lipinski definition) is 3. The molecule has 0 fully saturated rings. The zero-order chi connectivity index (χ0) is 20.1. The van der Waals surface area contributed by atoms with E-state index in [4.69, 9.17) is 4.74 Å². The molecule has 0 saturated carbocycles. The lowest BCUT2D eigenvalue weighted by Crippen LogP contribution is -2.45. The van der Waals surface area contributed by atoms with E-state index in [9.17, 15) is 14.4 Å². The lowest BCUT2D eigenvalue weighted by Gasteiger charge is -2.20. The summed E-state index contributed by atoms with van der Waals surface area (Å²) < 4.78 is 4.89. The smallest absolute Gasteiger partial charge is 0.407 e. The Kier molecular flexibility index (Phi) is 10.6. The van der Waals surface area contributed by atoms with E-state index in [0.29, 0.717) is 25.5 Å².